The quantitative estimate of drug-likeness (QED) is 0.819. The van der Waals surface area contributed by atoms with Crippen LogP contribution in [0.3, 0.4) is 0 Å². The van der Waals surface area contributed by atoms with E-state index in [1.165, 1.54) is 18.2 Å². The van der Waals surface area contributed by atoms with Crippen LogP contribution in [0.15, 0.2) is 51.4 Å². The van der Waals surface area contributed by atoms with Gasteiger partial charge in [0.15, 0.2) is 0 Å². The Hall–Kier alpha value is -1.20. The molecule has 0 aliphatic rings. The molecule has 2 rings (SSSR count). The normalized spacial score (nSPS) is 10.2. The average Bonchev–Trinajstić information content (AvgIpc) is 2.32. The monoisotopic (exact) mass is 371 g/mol. The molecular weight excluding hydrogens is 365 g/mol. The first-order chi connectivity index (χ1) is 8.56. The lowest BCUT2D eigenvalue weighted by Gasteiger charge is -2.07. The Morgan fingerprint density at radius 3 is 2.56 bits per heavy atom. The maximum Gasteiger partial charge on any atom is 0.255 e. The van der Waals surface area contributed by atoms with Crippen molar-refractivity contribution in [3.05, 3.63) is 62.8 Å². The molecule has 1 amide bonds. The van der Waals surface area contributed by atoms with Gasteiger partial charge in [0, 0.05) is 14.5 Å². The molecule has 2 nitrogen and oxygen atoms in total. The van der Waals surface area contributed by atoms with Crippen LogP contribution in [0.5, 0.6) is 0 Å². The van der Waals surface area contributed by atoms with Gasteiger partial charge in [-0.2, -0.15) is 0 Å². The van der Waals surface area contributed by atoms with E-state index in [1.807, 2.05) is 6.07 Å². The van der Waals surface area contributed by atoms with Gasteiger partial charge in [-0.3, -0.25) is 4.79 Å². The molecule has 18 heavy (non-hydrogen) atoms. The van der Waals surface area contributed by atoms with Crippen LogP contribution in [0, 0.1) is 5.82 Å². The number of benzene rings is 2. The highest BCUT2D eigenvalue weighted by Gasteiger charge is 2.09. The third-order valence-corrected chi connectivity index (χ3v) is 3.42. The fraction of sp³-hybridized carbons (Fsp3) is 0. The fourth-order valence-electron chi connectivity index (χ4n) is 1.42. The minimum atomic E-state index is -0.359. The van der Waals surface area contributed by atoms with Crippen molar-refractivity contribution in [3.63, 3.8) is 0 Å². The van der Waals surface area contributed by atoms with E-state index in [4.69, 9.17) is 0 Å². The Labute approximate surface area is 120 Å². The Morgan fingerprint density at radius 2 is 1.89 bits per heavy atom. The molecule has 0 atom stereocenters. The van der Waals surface area contributed by atoms with E-state index < -0.39 is 0 Å². The molecule has 0 fully saturated rings. The van der Waals surface area contributed by atoms with Gasteiger partial charge in [-0.15, -0.1) is 0 Å². The molecule has 0 unspecified atom stereocenters. The summed E-state index contributed by atoms with van der Waals surface area (Å²) in [6.07, 6.45) is 0. The Balaban J connectivity index is 2.21. The first-order valence-electron chi connectivity index (χ1n) is 5.08. The highest BCUT2D eigenvalue weighted by atomic mass is 79.9. The molecule has 0 spiro atoms. The van der Waals surface area contributed by atoms with Crippen molar-refractivity contribution in [1.29, 1.82) is 0 Å². The zero-order valence-electron chi connectivity index (χ0n) is 9.08. The number of amides is 1. The molecule has 0 aromatic heterocycles. The maximum atomic E-state index is 12.9. The van der Waals surface area contributed by atoms with Gasteiger partial charge >= 0.3 is 0 Å². The van der Waals surface area contributed by atoms with Crippen LogP contribution in [-0.4, -0.2) is 5.91 Å². The van der Waals surface area contributed by atoms with Gasteiger partial charge in [-0.1, -0.05) is 22.0 Å². The summed E-state index contributed by atoms with van der Waals surface area (Å²) in [5, 5.41) is 2.71. The van der Waals surface area contributed by atoms with Crippen molar-refractivity contribution in [2.75, 3.05) is 5.32 Å². The molecule has 0 aliphatic heterocycles. The number of nitrogens with one attached hydrogen (secondary N) is 1. The van der Waals surface area contributed by atoms with Crippen molar-refractivity contribution >= 4 is 43.5 Å². The standard InChI is InChI=1S/C13H8Br2FNO/c14-9-3-1-2-8(6-9)13(18)17-12-5-4-10(16)7-11(12)15/h1-7H,(H,17,18). The Kier molecular flexibility index (Phi) is 4.14. The van der Waals surface area contributed by atoms with Crippen LogP contribution in [0.25, 0.3) is 0 Å². The molecule has 0 saturated heterocycles. The topological polar surface area (TPSA) is 29.1 Å². The average molecular weight is 373 g/mol. The zero-order chi connectivity index (χ0) is 13.1. The van der Waals surface area contributed by atoms with E-state index >= 15 is 0 Å². The predicted molar refractivity (Wildman–Crippen MR) is 76.2 cm³/mol. The Morgan fingerprint density at radius 1 is 1.11 bits per heavy atom. The summed E-state index contributed by atoms with van der Waals surface area (Å²) in [6, 6.07) is 11.1. The van der Waals surface area contributed by atoms with E-state index in [0.717, 1.165) is 4.47 Å². The summed E-state index contributed by atoms with van der Waals surface area (Å²) >= 11 is 6.50. The third kappa shape index (κ3) is 3.17. The molecule has 92 valence electrons. The number of carbonyl (C=O) groups excluding carboxylic acids is 1. The van der Waals surface area contributed by atoms with Crippen LogP contribution in [0.4, 0.5) is 10.1 Å². The SMILES string of the molecule is O=C(Nc1ccc(F)cc1Br)c1cccc(Br)c1. The lowest BCUT2D eigenvalue weighted by Crippen LogP contribution is -2.12. The molecule has 5 heteroatoms. The summed E-state index contributed by atoms with van der Waals surface area (Å²) in [7, 11) is 0. The van der Waals surface area contributed by atoms with Crippen LogP contribution in [0.2, 0.25) is 0 Å². The van der Waals surface area contributed by atoms with Gasteiger partial charge in [-0.05, 0) is 52.3 Å². The van der Waals surface area contributed by atoms with Crippen molar-refractivity contribution in [2.24, 2.45) is 0 Å². The van der Waals surface area contributed by atoms with Gasteiger partial charge in [0.05, 0.1) is 5.69 Å². The number of carbonyl (C=O) groups is 1. The summed E-state index contributed by atoms with van der Waals surface area (Å²) in [4.78, 5) is 12.0. The molecule has 0 saturated carbocycles. The molecule has 2 aromatic carbocycles. The largest absolute Gasteiger partial charge is 0.321 e. The molecular formula is C13H8Br2FNO. The highest BCUT2D eigenvalue weighted by Crippen LogP contribution is 2.24. The van der Waals surface area contributed by atoms with Crippen molar-refractivity contribution in [1.82, 2.24) is 0 Å². The second kappa shape index (κ2) is 5.63. The lowest BCUT2D eigenvalue weighted by molar-refractivity contribution is 0.102. The van der Waals surface area contributed by atoms with Crippen LogP contribution >= 0.6 is 31.9 Å². The van der Waals surface area contributed by atoms with Gasteiger partial charge in [-0.25, -0.2) is 4.39 Å². The number of anilines is 1. The maximum absolute atomic E-state index is 12.9. The molecule has 0 radical (unpaired) electrons. The van der Waals surface area contributed by atoms with Crippen LogP contribution in [0.1, 0.15) is 10.4 Å². The second-order valence-electron chi connectivity index (χ2n) is 3.59. The van der Waals surface area contributed by atoms with E-state index in [0.29, 0.717) is 15.7 Å². The van der Waals surface area contributed by atoms with Crippen molar-refractivity contribution < 1.29 is 9.18 Å². The van der Waals surface area contributed by atoms with E-state index in [1.54, 1.807) is 18.2 Å². The number of halogens is 3. The van der Waals surface area contributed by atoms with Crippen LogP contribution < -0.4 is 5.32 Å². The number of hydrogen-bond acceptors (Lipinski definition) is 1. The van der Waals surface area contributed by atoms with Gasteiger partial charge in [0.2, 0.25) is 0 Å². The first kappa shape index (κ1) is 13.2. The molecule has 2 aromatic rings. The summed E-state index contributed by atoms with van der Waals surface area (Å²) in [6.45, 7) is 0. The summed E-state index contributed by atoms with van der Waals surface area (Å²) < 4.78 is 14.2. The fourth-order valence-corrected chi connectivity index (χ4v) is 2.26. The second-order valence-corrected chi connectivity index (χ2v) is 5.36. The minimum absolute atomic E-state index is 0.247. The van der Waals surface area contributed by atoms with E-state index in [-0.39, 0.29) is 11.7 Å². The summed E-state index contributed by atoms with van der Waals surface area (Å²) in [5.41, 5.74) is 1.06. The lowest BCUT2D eigenvalue weighted by atomic mass is 10.2. The predicted octanol–water partition coefficient (Wildman–Crippen LogP) is 4.60. The smallest absolute Gasteiger partial charge is 0.255 e. The zero-order valence-corrected chi connectivity index (χ0v) is 12.3. The van der Waals surface area contributed by atoms with Gasteiger partial charge in [0.25, 0.3) is 5.91 Å². The number of rotatable bonds is 2. The van der Waals surface area contributed by atoms with Crippen LogP contribution in [-0.2, 0) is 0 Å². The first-order valence-corrected chi connectivity index (χ1v) is 6.67. The molecule has 0 bridgehead atoms. The highest BCUT2D eigenvalue weighted by molar-refractivity contribution is 9.10. The molecule has 0 heterocycles. The van der Waals surface area contributed by atoms with E-state index in [9.17, 15) is 9.18 Å². The molecule has 0 aliphatic carbocycles. The van der Waals surface area contributed by atoms with Gasteiger partial charge < -0.3 is 5.32 Å². The Bertz CT molecular complexity index is 601. The minimum Gasteiger partial charge on any atom is -0.321 e. The number of hydrogen-bond donors (Lipinski definition) is 1. The van der Waals surface area contributed by atoms with Gasteiger partial charge in [0.1, 0.15) is 5.82 Å². The van der Waals surface area contributed by atoms with Crippen molar-refractivity contribution in [3.8, 4) is 0 Å². The third-order valence-electron chi connectivity index (χ3n) is 2.27. The summed E-state index contributed by atoms with van der Waals surface area (Å²) in [5.74, 6) is -0.606. The molecule has 1 N–H and O–H groups in total. The van der Waals surface area contributed by atoms with E-state index in [2.05, 4.69) is 37.2 Å². The van der Waals surface area contributed by atoms with Crippen molar-refractivity contribution in [2.45, 2.75) is 0 Å².